The SMILES string of the molecule is CNNNC(=O)c1ccc(N2CCN(CC3CCN(c4ccc(C(=O)NC5CCC(=O)NC5=O)c(F)c4)CC3)CC2)cc1. The van der Waals surface area contributed by atoms with E-state index in [1.807, 2.05) is 24.3 Å². The molecule has 0 aromatic heterocycles. The van der Waals surface area contributed by atoms with E-state index in [0.717, 1.165) is 70.0 Å². The number of halogens is 1. The summed E-state index contributed by atoms with van der Waals surface area (Å²) in [6.45, 7) is 6.46. The van der Waals surface area contributed by atoms with E-state index in [2.05, 4.69) is 41.7 Å². The van der Waals surface area contributed by atoms with Crippen LogP contribution in [-0.2, 0) is 9.59 Å². The number of rotatable bonds is 9. The van der Waals surface area contributed by atoms with Crippen molar-refractivity contribution >= 4 is 35.0 Å². The zero-order chi connectivity index (χ0) is 30.3. The maximum absolute atomic E-state index is 14.9. The van der Waals surface area contributed by atoms with Gasteiger partial charge in [-0.2, -0.15) is 5.53 Å². The molecule has 13 heteroatoms. The fourth-order valence-corrected chi connectivity index (χ4v) is 5.89. The Morgan fingerprint density at radius 2 is 1.56 bits per heavy atom. The molecule has 3 fully saturated rings. The molecule has 2 aromatic carbocycles. The number of hydrogen-bond donors (Lipinski definition) is 5. The van der Waals surface area contributed by atoms with Crippen molar-refractivity contribution in [2.24, 2.45) is 5.92 Å². The summed E-state index contributed by atoms with van der Waals surface area (Å²) in [5.74, 6) is -1.88. The molecule has 0 spiro atoms. The van der Waals surface area contributed by atoms with Crippen LogP contribution in [0.25, 0.3) is 0 Å². The van der Waals surface area contributed by atoms with Gasteiger partial charge in [-0.1, -0.05) is 0 Å². The third-order valence-corrected chi connectivity index (χ3v) is 8.41. The van der Waals surface area contributed by atoms with Crippen LogP contribution in [0.5, 0.6) is 0 Å². The van der Waals surface area contributed by atoms with Gasteiger partial charge in [-0.15, -0.1) is 0 Å². The molecule has 1 unspecified atom stereocenters. The van der Waals surface area contributed by atoms with E-state index in [-0.39, 0.29) is 30.2 Å². The van der Waals surface area contributed by atoms with Gasteiger partial charge in [0.15, 0.2) is 0 Å². The van der Waals surface area contributed by atoms with E-state index >= 15 is 0 Å². The number of anilines is 2. The highest BCUT2D eigenvalue weighted by Gasteiger charge is 2.29. The topological polar surface area (TPSA) is 138 Å². The second-order valence-corrected chi connectivity index (χ2v) is 11.2. The Hall–Kier alpha value is -4.07. The van der Waals surface area contributed by atoms with Gasteiger partial charge in [0.05, 0.1) is 5.56 Å². The lowest BCUT2D eigenvalue weighted by atomic mass is 9.95. The predicted molar refractivity (Wildman–Crippen MR) is 160 cm³/mol. The van der Waals surface area contributed by atoms with Crippen molar-refractivity contribution in [3.8, 4) is 0 Å². The highest BCUT2D eigenvalue weighted by molar-refractivity contribution is 6.04. The van der Waals surface area contributed by atoms with Gasteiger partial charge in [0.2, 0.25) is 11.8 Å². The number of piperazine rings is 1. The maximum atomic E-state index is 14.9. The second-order valence-electron chi connectivity index (χ2n) is 11.2. The minimum absolute atomic E-state index is 0.120. The van der Waals surface area contributed by atoms with Gasteiger partial charge in [-0.3, -0.25) is 34.8 Å². The van der Waals surface area contributed by atoms with Gasteiger partial charge in [0, 0.05) is 76.2 Å². The fourth-order valence-electron chi connectivity index (χ4n) is 5.89. The van der Waals surface area contributed by atoms with E-state index in [1.54, 1.807) is 13.1 Å². The Labute approximate surface area is 250 Å². The Morgan fingerprint density at radius 3 is 2.21 bits per heavy atom. The van der Waals surface area contributed by atoms with Crippen LogP contribution in [-0.4, -0.2) is 87.4 Å². The summed E-state index contributed by atoms with van der Waals surface area (Å²) >= 11 is 0. The number of carbonyl (C=O) groups excluding carboxylic acids is 4. The van der Waals surface area contributed by atoms with E-state index in [0.29, 0.717) is 11.5 Å². The molecular formula is C30H39FN8O4. The molecule has 12 nitrogen and oxygen atoms in total. The molecule has 5 N–H and O–H groups in total. The Bertz CT molecular complexity index is 1320. The number of hydrogen-bond acceptors (Lipinski definition) is 9. The van der Waals surface area contributed by atoms with Crippen molar-refractivity contribution in [2.45, 2.75) is 31.7 Å². The van der Waals surface area contributed by atoms with Gasteiger partial charge in [0.1, 0.15) is 11.9 Å². The molecule has 0 radical (unpaired) electrons. The minimum atomic E-state index is -0.848. The molecule has 1 atom stereocenters. The third-order valence-electron chi connectivity index (χ3n) is 8.41. The number of imide groups is 1. The van der Waals surface area contributed by atoms with Crippen LogP contribution >= 0.6 is 0 Å². The quantitative estimate of drug-likeness (QED) is 0.211. The first kappa shape index (κ1) is 30.4. The predicted octanol–water partition coefficient (Wildman–Crippen LogP) is 0.768. The Balaban J connectivity index is 1.05. The standard InChI is InChI=1S/C30H39FN8O4/c1-32-36-35-28(41)21-2-4-22(5-3-21)39-16-14-37(15-17-39)19-20-10-12-38(13-11-20)23-6-7-24(25(31)18-23)29(42)33-26-8-9-27(40)34-30(26)43/h2-7,18,20,26,32,36H,8-17,19H2,1H3,(H,33,42)(H,35,41)(H,34,40,43). The normalized spacial score (nSPS) is 20.1. The van der Waals surface area contributed by atoms with E-state index < -0.39 is 23.7 Å². The van der Waals surface area contributed by atoms with Gasteiger partial charge in [0.25, 0.3) is 11.8 Å². The highest BCUT2D eigenvalue weighted by atomic mass is 19.1. The average Bonchev–Trinajstić information content (AvgIpc) is 3.02. The van der Waals surface area contributed by atoms with E-state index in [1.165, 1.54) is 12.1 Å². The summed E-state index contributed by atoms with van der Waals surface area (Å²) in [4.78, 5) is 54.9. The van der Waals surface area contributed by atoms with Crippen molar-refractivity contribution in [3.63, 3.8) is 0 Å². The summed E-state index contributed by atoms with van der Waals surface area (Å²) in [5, 5.41) is 4.72. The fraction of sp³-hybridized carbons (Fsp3) is 0.467. The number of amides is 4. The van der Waals surface area contributed by atoms with Crippen molar-refractivity contribution in [1.82, 2.24) is 31.9 Å². The number of carbonyl (C=O) groups is 4. The molecular weight excluding hydrogens is 555 g/mol. The van der Waals surface area contributed by atoms with Crippen LogP contribution in [0.2, 0.25) is 0 Å². The molecule has 4 amide bonds. The zero-order valence-corrected chi connectivity index (χ0v) is 24.3. The largest absolute Gasteiger partial charge is 0.371 e. The summed E-state index contributed by atoms with van der Waals surface area (Å²) in [5.41, 5.74) is 10.1. The highest BCUT2D eigenvalue weighted by Crippen LogP contribution is 2.26. The summed E-state index contributed by atoms with van der Waals surface area (Å²) in [6, 6.07) is 11.4. The number of piperidine rings is 2. The first-order chi connectivity index (χ1) is 20.8. The van der Waals surface area contributed by atoms with Gasteiger partial charge in [-0.25, -0.2) is 9.82 Å². The lowest BCUT2D eigenvalue weighted by Gasteiger charge is -2.40. The first-order valence-corrected chi connectivity index (χ1v) is 14.8. The van der Waals surface area contributed by atoms with Crippen LogP contribution in [0, 0.1) is 11.7 Å². The van der Waals surface area contributed by atoms with Crippen molar-refractivity contribution in [1.29, 1.82) is 0 Å². The monoisotopic (exact) mass is 594 g/mol. The van der Waals surface area contributed by atoms with Crippen LogP contribution in [0.3, 0.4) is 0 Å². The second kappa shape index (κ2) is 13.9. The molecule has 3 saturated heterocycles. The van der Waals surface area contributed by atoms with E-state index in [4.69, 9.17) is 0 Å². The smallest absolute Gasteiger partial charge is 0.266 e. The lowest BCUT2D eigenvalue weighted by molar-refractivity contribution is -0.134. The molecule has 3 heterocycles. The van der Waals surface area contributed by atoms with Crippen molar-refractivity contribution < 1.29 is 23.6 Å². The molecule has 43 heavy (non-hydrogen) atoms. The van der Waals surface area contributed by atoms with Crippen LogP contribution in [0.15, 0.2) is 42.5 Å². The summed E-state index contributed by atoms with van der Waals surface area (Å²) < 4.78 is 14.9. The number of hydrazine groups is 2. The molecule has 5 rings (SSSR count). The molecule has 3 aliphatic rings. The summed E-state index contributed by atoms with van der Waals surface area (Å²) in [6.07, 6.45) is 2.35. The number of nitrogens with zero attached hydrogens (tertiary/aromatic N) is 3. The zero-order valence-electron chi connectivity index (χ0n) is 24.3. The average molecular weight is 595 g/mol. The molecule has 3 aliphatic heterocycles. The van der Waals surface area contributed by atoms with Gasteiger partial charge < -0.3 is 15.1 Å². The van der Waals surface area contributed by atoms with Crippen LogP contribution in [0.4, 0.5) is 15.8 Å². The van der Waals surface area contributed by atoms with Crippen molar-refractivity contribution in [3.05, 3.63) is 59.4 Å². The molecule has 0 aliphatic carbocycles. The lowest BCUT2D eigenvalue weighted by Crippen LogP contribution is -2.52. The Kier molecular flexibility index (Phi) is 9.85. The van der Waals surface area contributed by atoms with Crippen LogP contribution in [0.1, 0.15) is 46.4 Å². The maximum Gasteiger partial charge on any atom is 0.266 e. The number of benzene rings is 2. The van der Waals surface area contributed by atoms with Crippen LogP contribution < -0.4 is 36.8 Å². The van der Waals surface area contributed by atoms with E-state index in [9.17, 15) is 23.6 Å². The first-order valence-electron chi connectivity index (χ1n) is 14.8. The van der Waals surface area contributed by atoms with Crippen molar-refractivity contribution in [2.75, 3.05) is 62.7 Å². The summed E-state index contributed by atoms with van der Waals surface area (Å²) in [7, 11) is 1.68. The molecule has 230 valence electrons. The van der Waals surface area contributed by atoms with Gasteiger partial charge in [-0.05, 0) is 67.6 Å². The number of nitrogens with one attached hydrogen (secondary N) is 5. The molecule has 0 bridgehead atoms. The van der Waals surface area contributed by atoms with Gasteiger partial charge >= 0.3 is 0 Å². The molecule has 0 saturated carbocycles. The molecule has 2 aromatic rings. The third kappa shape index (κ3) is 7.66. The Morgan fingerprint density at radius 1 is 0.884 bits per heavy atom. The minimum Gasteiger partial charge on any atom is -0.371 e.